The van der Waals surface area contributed by atoms with Gasteiger partial charge in [-0.05, 0) is 12.8 Å². The third-order valence-corrected chi connectivity index (χ3v) is 3.64. The minimum atomic E-state index is -0.451. The molecule has 7 heteroatoms. The highest BCUT2D eigenvalue weighted by Crippen LogP contribution is 2.31. The van der Waals surface area contributed by atoms with Gasteiger partial charge in [0.05, 0.1) is 31.1 Å². The number of carbonyl (C=O) groups excluding carboxylic acids is 1. The maximum Gasteiger partial charge on any atom is 0.310 e. The van der Waals surface area contributed by atoms with Gasteiger partial charge in [0.25, 0.3) is 5.69 Å². The molecule has 1 fully saturated rings. The lowest BCUT2D eigenvalue weighted by molar-refractivity contribution is -0.384. The number of esters is 1. The van der Waals surface area contributed by atoms with Gasteiger partial charge in [-0.2, -0.15) is 0 Å². The Kier molecular flexibility index (Phi) is 4.62. The molecule has 0 amide bonds. The van der Waals surface area contributed by atoms with E-state index in [1.54, 1.807) is 6.07 Å². The molecule has 0 spiro atoms. The first kappa shape index (κ1) is 15.1. The third kappa shape index (κ3) is 3.42. The number of hydrogen-bond acceptors (Lipinski definition) is 6. The smallest absolute Gasteiger partial charge is 0.310 e. The first-order valence-electron chi connectivity index (χ1n) is 6.71. The van der Waals surface area contributed by atoms with Crippen LogP contribution in [0.25, 0.3) is 0 Å². The van der Waals surface area contributed by atoms with Crippen molar-refractivity contribution in [3.63, 3.8) is 0 Å². The predicted molar refractivity (Wildman–Crippen MR) is 76.6 cm³/mol. The Morgan fingerprint density at radius 2 is 2.14 bits per heavy atom. The minimum Gasteiger partial charge on any atom is -0.496 e. The second-order valence-corrected chi connectivity index (χ2v) is 4.95. The molecule has 0 bridgehead atoms. The second kappa shape index (κ2) is 6.43. The Labute approximate surface area is 122 Å². The first-order valence-corrected chi connectivity index (χ1v) is 6.71. The van der Waals surface area contributed by atoms with E-state index >= 15 is 0 Å². The maximum absolute atomic E-state index is 11.7. The number of benzene rings is 1. The van der Waals surface area contributed by atoms with Gasteiger partial charge in [0.1, 0.15) is 5.75 Å². The molecule has 1 aromatic rings. The number of nitro benzene ring substituents is 1. The first-order chi connectivity index (χ1) is 10.0. The average Bonchev–Trinajstić information content (AvgIpc) is 2.53. The molecule has 1 aliphatic heterocycles. The predicted octanol–water partition coefficient (Wildman–Crippen LogP) is 1.99. The highest BCUT2D eigenvalue weighted by molar-refractivity contribution is 5.73. The van der Waals surface area contributed by atoms with Crippen LogP contribution >= 0.6 is 0 Å². The summed E-state index contributed by atoms with van der Waals surface area (Å²) >= 11 is 0. The lowest BCUT2D eigenvalue weighted by atomic mass is 9.97. The van der Waals surface area contributed by atoms with Crippen molar-refractivity contribution in [2.24, 2.45) is 5.92 Å². The van der Waals surface area contributed by atoms with Gasteiger partial charge in [0.15, 0.2) is 0 Å². The molecule has 1 saturated heterocycles. The molecule has 0 saturated carbocycles. The van der Waals surface area contributed by atoms with E-state index < -0.39 is 4.92 Å². The van der Waals surface area contributed by atoms with Crippen LogP contribution in [0.2, 0.25) is 0 Å². The van der Waals surface area contributed by atoms with Crippen LogP contribution in [0, 0.1) is 16.0 Å². The van der Waals surface area contributed by atoms with E-state index in [0.29, 0.717) is 18.0 Å². The van der Waals surface area contributed by atoms with Gasteiger partial charge in [0.2, 0.25) is 0 Å². The molecule has 1 atom stereocenters. The summed E-state index contributed by atoms with van der Waals surface area (Å²) in [4.78, 5) is 24.1. The Morgan fingerprint density at radius 1 is 1.38 bits per heavy atom. The lowest BCUT2D eigenvalue weighted by Gasteiger charge is -2.33. The van der Waals surface area contributed by atoms with Crippen molar-refractivity contribution in [1.29, 1.82) is 0 Å². The van der Waals surface area contributed by atoms with E-state index in [9.17, 15) is 14.9 Å². The SMILES string of the molecule is COC(=O)C1CCCN(c2cc(OC)cc([N+](=O)[O-])c2)C1. The number of nitrogens with zero attached hydrogens (tertiary/aromatic N) is 2. The van der Waals surface area contributed by atoms with Crippen LogP contribution in [0.1, 0.15) is 12.8 Å². The molecular weight excluding hydrogens is 276 g/mol. The van der Waals surface area contributed by atoms with Gasteiger partial charge in [-0.15, -0.1) is 0 Å². The molecule has 1 aromatic carbocycles. The number of carbonyl (C=O) groups is 1. The fourth-order valence-electron chi connectivity index (χ4n) is 2.54. The van der Waals surface area contributed by atoms with Gasteiger partial charge in [-0.3, -0.25) is 14.9 Å². The number of nitro groups is 1. The van der Waals surface area contributed by atoms with Crippen molar-refractivity contribution >= 4 is 17.3 Å². The van der Waals surface area contributed by atoms with Crippen LogP contribution in [-0.4, -0.2) is 38.2 Å². The summed E-state index contributed by atoms with van der Waals surface area (Å²) in [5.41, 5.74) is 0.666. The number of non-ortho nitro benzene ring substituents is 1. The van der Waals surface area contributed by atoms with Crippen molar-refractivity contribution < 1.29 is 19.2 Å². The molecule has 0 radical (unpaired) electrons. The fraction of sp³-hybridized carbons (Fsp3) is 0.500. The number of ether oxygens (including phenoxy) is 2. The topological polar surface area (TPSA) is 81.9 Å². The highest BCUT2D eigenvalue weighted by Gasteiger charge is 2.27. The zero-order valence-corrected chi connectivity index (χ0v) is 12.1. The van der Waals surface area contributed by atoms with Crippen LogP contribution in [0.5, 0.6) is 5.75 Å². The van der Waals surface area contributed by atoms with Crippen LogP contribution in [0.3, 0.4) is 0 Å². The molecule has 0 aliphatic carbocycles. The van der Waals surface area contributed by atoms with Crippen molar-refractivity contribution in [3.8, 4) is 5.75 Å². The van der Waals surface area contributed by atoms with Gasteiger partial charge in [-0.25, -0.2) is 0 Å². The van der Waals surface area contributed by atoms with Gasteiger partial charge in [0, 0.05) is 30.9 Å². The standard InChI is InChI=1S/C14H18N2O5/c1-20-13-7-11(6-12(8-13)16(18)19)15-5-3-4-10(9-15)14(17)21-2/h6-8,10H,3-5,9H2,1-2H3. The fourth-order valence-corrected chi connectivity index (χ4v) is 2.54. The Balaban J connectivity index is 2.26. The van der Waals surface area contributed by atoms with Crippen LogP contribution in [0.15, 0.2) is 18.2 Å². The highest BCUT2D eigenvalue weighted by atomic mass is 16.6. The second-order valence-electron chi connectivity index (χ2n) is 4.95. The number of anilines is 1. The average molecular weight is 294 g/mol. The molecule has 0 N–H and O–H groups in total. The van der Waals surface area contributed by atoms with Crippen LogP contribution < -0.4 is 9.64 Å². The Morgan fingerprint density at radius 3 is 2.76 bits per heavy atom. The summed E-state index contributed by atoms with van der Waals surface area (Å²) in [6, 6.07) is 4.63. The molecule has 1 heterocycles. The van der Waals surface area contributed by atoms with Gasteiger partial charge >= 0.3 is 5.97 Å². The number of rotatable bonds is 4. The van der Waals surface area contributed by atoms with Crippen molar-refractivity contribution in [2.75, 3.05) is 32.2 Å². The van der Waals surface area contributed by atoms with Gasteiger partial charge < -0.3 is 14.4 Å². The van der Waals surface area contributed by atoms with E-state index in [1.807, 2.05) is 4.90 Å². The van der Waals surface area contributed by atoms with Crippen molar-refractivity contribution in [1.82, 2.24) is 0 Å². The molecular formula is C14H18N2O5. The van der Waals surface area contributed by atoms with Crippen LogP contribution in [-0.2, 0) is 9.53 Å². The maximum atomic E-state index is 11.7. The Bertz CT molecular complexity index is 546. The molecule has 2 rings (SSSR count). The summed E-state index contributed by atoms with van der Waals surface area (Å²) in [5, 5.41) is 11.0. The Hall–Kier alpha value is -2.31. The van der Waals surface area contributed by atoms with E-state index in [0.717, 1.165) is 19.4 Å². The largest absolute Gasteiger partial charge is 0.496 e. The van der Waals surface area contributed by atoms with Gasteiger partial charge in [-0.1, -0.05) is 0 Å². The third-order valence-electron chi connectivity index (χ3n) is 3.64. The molecule has 7 nitrogen and oxygen atoms in total. The zero-order valence-electron chi connectivity index (χ0n) is 12.1. The quantitative estimate of drug-likeness (QED) is 0.480. The molecule has 21 heavy (non-hydrogen) atoms. The molecule has 1 unspecified atom stereocenters. The minimum absolute atomic E-state index is 0.0236. The number of methoxy groups -OCH3 is 2. The lowest BCUT2D eigenvalue weighted by Crippen LogP contribution is -2.39. The molecule has 1 aliphatic rings. The van der Waals surface area contributed by atoms with E-state index in [2.05, 4.69) is 0 Å². The molecule has 0 aromatic heterocycles. The van der Waals surface area contributed by atoms with Crippen molar-refractivity contribution in [2.45, 2.75) is 12.8 Å². The van der Waals surface area contributed by atoms with Crippen molar-refractivity contribution in [3.05, 3.63) is 28.3 Å². The summed E-state index contributed by atoms with van der Waals surface area (Å²) in [7, 11) is 2.84. The van der Waals surface area contributed by atoms with E-state index in [1.165, 1.54) is 26.4 Å². The summed E-state index contributed by atoms with van der Waals surface area (Å²) < 4.78 is 9.89. The number of piperidine rings is 1. The number of hydrogen-bond donors (Lipinski definition) is 0. The molecule has 114 valence electrons. The van der Waals surface area contributed by atoms with E-state index in [-0.39, 0.29) is 17.6 Å². The van der Waals surface area contributed by atoms with Crippen LogP contribution in [0.4, 0.5) is 11.4 Å². The normalized spacial score (nSPS) is 18.2. The summed E-state index contributed by atoms with van der Waals surface area (Å²) in [6.45, 7) is 1.24. The summed E-state index contributed by atoms with van der Waals surface area (Å²) in [5.74, 6) is -0.00880. The summed E-state index contributed by atoms with van der Waals surface area (Å²) in [6.07, 6.45) is 1.61. The zero-order chi connectivity index (χ0) is 15.4. The monoisotopic (exact) mass is 294 g/mol. The van der Waals surface area contributed by atoms with E-state index in [4.69, 9.17) is 9.47 Å².